The molecular weight excluding hydrogens is 320 g/mol. The number of ether oxygens (including phenoxy) is 1. The van der Waals surface area contributed by atoms with E-state index in [2.05, 4.69) is 11.6 Å². The van der Waals surface area contributed by atoms with Crippen LogP contribution in [0.3, 0.4) is 0 Å². The number of rotatable bonds is 6. The first kappa shape index (κ1) is 16.9. The number of imidazole rings is 1. The quantitative estimate of drug-likeness (QED) is 0.638. The highest BCUT2D eigenvalue weighted by Gasteiger charge is 2.19. The Morgan fingerprint density at radius 1 is 1.28 bits per heavy atom. The van der Waals surface area contributed by atoms with Crippen molar-refractivity contribution in [2.45, 2.75) is 20.0 Å². The topological polar surface area (TPSA) is 71.1 Å². The van der Waals surface area contributed by atoms with Gasteiger partial charge in [-0.2, -0.15) is 0 Å². The summed E-state index contributed by atoms with van der Waals surface area (Å²) in [6, 6.07) is 7.51. The molecule has 0 amide bonds. The number of aryl methyl sites for hydroxylation is 1. The fourth-order valence-corrected chi connectivity index (χ4v) is 2.87. The highest BCUT2D eigenvalue weighted by molar-refractivity contribution is 5.72. The Hall–Kier alpha value is -2.93. The first-order valence-electron chi connectivity index (χ1n) is 7.96. The third-order valence-corrected chi connectivity index (χ3v) is 4.10. The number of nitrogens with zero attached hydrogens (tertiary/aromatic N) is 4. The van der Waals surface area contributed by atoms with Gasteiger partial charge in [-0.3, -0.25) is 9.36 Å². The van der Waals surface area contributed by atoms with Crippen molar-refractivity contribution < 1.29 is 4.74 Å². The number of hydrogen-bond acceptors (Lipinski definition) is 4. The van der Waals surface area contributed by atoms with Crippen LogP contribution in [0.25, 0.3) is 16.9 Å². The molecule has 7 nitrogen and oxygen atoms in total. The van der Waals surface area contributed by atoms with Crippen molar-refractivity contribution in [2.75, 3.05) is 13.7 Å². The maximum Gasteiger partial charge on any atom is 0.337 e. The molecule has 0 aliphatic rings. The highest BCUT2D eigenvalue weighted by Crippen LogP contribution is 2.16. The van der Waals surface area contributed by atoms with Gasteiger partial charge in [-0.15, -0.1) is 6.58 Å². The van der Waals surface area contributed by atoms with Crippen molar-refractivity contribution in [3.05, 3.63) is 69.6 Å². The minimum atomic E-state index is -0.423. The molecule has 0 N–H and O–H groups in total. The molecule has 2 aromatic heterocycles. The first-order valence-corrected chi connectivity index (χ1v) is 7.96. The van der Waals surface area contributed by atoms with E-state index in [1.54, 1.807) is 17.0 Å². The molecule has 2 heterocycles. The molecule has 130 valence electrons. The number of allylic oxidation sites excluding steroid dienone is 1. The molecule has 1 aromatic carbocycles. The van der Waals surface area contributed by atoms with Crippen LogP contribution < -0.4 is 11.2 Å². The summed E-state index contributed by atoms with van der Waals surface area (Å²) in [5.74, 6) is 0. The van der Waals surface area contributed by atoms with Crippen molar-refractivity contribution in [1.82, 2.24) is 18.7 Å². The zero-order valence-electron chi connectivity index (χ0n) is 14.3. The second-order valence-corrected chi connectivity index (χ2v) is 5.71. The fourth-order valence-electron chi connectivity index (χ4n) is 2.87. The summed E-state index contributed by atoms with van der Waals surface area (Å²) >= 11 is 0. The van der Waals surface area contributed by atoms with Crippen molar-refractivity contribution in [3.63, 3.8) is 0 Å². The second kappa shape index (κ2) is 6.90. The van der Waals surface area contributed by atoms with Gasteiger partial charge in [0.2, 0.25) is 0 Å². The summed E-state index contributed by atoms with van der Waals surface area (Å²) in [6.45, 7) is 6.50. The Morgan fingerprint density at radius 3 is 2.72 bits per heavy atom. The number of aromatic nitrogens is 4. The molecule has 0 radical (unpaired) electrons. The van der Waals surface area contributed by atoms with E-state index in [1.807, 2.05) is 31.2 Å². The predicted octanol–water partition coefficient (Wildman–Crippen LogP) is 1.49. The standard InChI is InChI=1S/C18H20N4O3/c1-4-9-20-12-19-16-15(20)17(23)21(10-11-25-3)18(24)22(16)14-8-6-5-7-13(14)2/h4-8,12H,1,9-11H2,2-3H3. The first-order chi connectivity index (χ1) is 12.1. The summed E-state index contributed by atoms with van der Waals surface area (Å²) in [5.41, 5.74) is 1.54. The van der Waals surface area contributed by atoms with Crippen LogP contribution >= 0.6 is 0 Å². The van der Waals surface area contributed by atoms with E-state index in [0.717, 1.165) is 5.56 Å². The molecule has 0 unspecified atom stereocenters. The van der Waals surface area contributed by atoms with E-state index < -0.39 is 5.69 Å². The SMILES string of the molecule is C=CCn1cnc2c1c(=O)n(CCOC)c(=O)n2-c1ccccc1C. The average molecular weight is 340 g/mol. The van der Waals surface area contributed by atoms with E-state index in [1.165, 1.54) is 16.2 Å². The summed E-state index contributed by atoms with van der Waals surface area (Å²) in [7, 11) is 1.53. The van der Waals surface area contributed by atoms with Crippen LogP contribution in [0.5, 0.6) is 0 Å². The molecule has 0 saturated heterocycles. The van der Waals surface area contributed by atoms with Crippen LogP contribution in [0.4, 0.5) is 0 Å². The van der Waals surface area contributed by atoms with Crippen LogP contribution in [0.1, 0.15) is 5.56 Å². The van der Waals surface area contributed by atoms with Gasteiger partial charge in [0.05, 0.1) is 25.2 Å². The van der Waals surface area contributed by atoms with E-state index in [4.69, 9.17) is 4.74 Å². The molecule has 0 bridgehead atoms. The third-order valence-electron chi connectivity index (χ3n) is 4.10. The van der Waals surface area contributed by atoms with E-state index in [0.29, 0.717) is 23.4 Å². The number of fused-ring (bicyclic) bond motifs is 1. The van der Waals surface area contributed by atoms with Crippen LogP contribution in [0.15, 0.2) is 52.8 Å². The Kier molecular flexibility index (Phi) is 4.67. The monoisotopic (exact) mass is 340 g/mol. The number of methoxy groups -OCH3 is 1. The van der Waals surface area contributed by atoms with Crippen LogP contribution in [-0.4, -0.2) is 32.4 Å². The number of benzene rings is 1. The molecule has 25 heavy (non-hydrogen) atoms. The van der Waals surface area contributed by atoms with Crippen molar-refractivity contribution in [2.24, 2.45) is 0 Å². The lowest BCUT2D eigenvalue weighted by Gasteiger charge is -2.13. The van der Waals surface area contributed by atoms with Gasteiger partial charge in [0.1, 0.15) is 0 Å². The van der Waals surface area contributed by atoms with Crippen LogP contribution in [0, 0.1) is 6.92 Å². The van der Waals surface area contributed by atoms with Crippen molar-refractivity contribution in [1.29, 1.82) is 0 Å². The molecule has 0 aliphatic heterocycles. The molecule has 0 saturated carbocycles. The van der Waals surface area contributed by atoms with Gasteiger partial charge >= 0.3 is 5.69 Å². The molecule has 0 spiro atoms. The van der Waals surface area contributed by atoms with Gasteiger partial charge in [-0.05, 0) is 18.6 Å². The molecule has 0 aliphatic carbocycles. The number of hydrogen-bond donors (Lipinski definition) is 0. The van der Waals surface area contributed by atoms with Gasteiger partial charge < -0.3 is 9.30 Å². The van der Waals surface area contributed by atoms with E-state index >= 15 is 0 Å². The highest BCUT2D eigenvalue weighted by atomic mass is 16.5. The normalized spacial score (nSPS) is 11.1. The largest absolute Gasteiger partial charge is 0.383 e. The minimum Gasteiger partial charge on any atom is -0.383 e. The van der Waals surface area contributed by atoms with Crippen molar-refractivity contribution in [3.8, 4) is 5.69 Å². The molecule has 3 rings (SSSR count). The predicted molar refractivity (Wildman–Crippen MR) is 96.4 cm³/mol. The van der Waals surface area contributed by atoms with E-state index in [9.17, 15) is 9.59 Å². The zero-order valence-corrected chi connectivity index (χ0v) is 14.3. The Labute approximate surface area is 144 Å². The Balaban J connectivity index is 2.43. The lowest BCUT2D eigenvalue weighted by atomic mass is 10.2. The molecule has 0 atom stereocenters. The summed E-state index contributed by atoms with van der Waals surface area (Å²) < 4.78 is 9.43. The maximum absolute atomic E-state index is 13.0. The third kappa shape index (κ3) is 2.83. The Bertz CT molecular complexity index is 1040. The lowest BCUT2D eigenvalue weighted by molar-refractivity contribution is 0.184. The van der Waals surface area contributed by atoms with E-state index in [-0.39, 0.29) is 18.7 Å². The maximum atomic E-state index is 13.0. The van der Waals surface area contributed by atoms with Gasteiger partial charge in [0.25, 0.3) is 5.56 Å². The van der Waals surface area contributed by atoms with Crippen LogP contribution in [-0.2, 0) is 17.8 Å². The van der Waals surface area contributed by atoms with Gasteiger partial charge in [0, 0.05) is 13.7 Å². The number of para-hydroxylation sites is 1. The fraction of sp³-hybridized carbons (Fsp3) is 0.278. The van der Waals surface area contributed by atoms with Crippen LogP contribution in [0.2, 0.25) is 0 Å². The smallest absolute Gasteiger partial charge is 0.337 e. The van der Waals surface area contributed by atoms with Crippen molar-refractivity contribution >= 4 is 11.2 Å². The Morgan fingerprint density at radius 2 is 2.04 bits per heavy atom. The van der Waals surface area contributed by atoms with Gasteiger partial charge in [-0.25, -0.2) is 14.3 Å². The summed E-state index contributed by atoms with van der Waals surface area (Å²) in [6.07, 6.45) is 3.24. The summed E-state index contributed by atoms with van der Waals surface area (Å²) in [5, 5.41) is 0. The zero-order chi connectivity index (χ0) is 18.0. The second-order valence-electron chi connectivity index (χ2n) is 5.71. The van der Waals surface area contributed by atoms with Gasteiger partial charge in [-0.1, -0.05) is 24.3 Å². The molecular formula is C18H20N4O3. The lowest BCUT2D eigenvalue weighted by Crippen LogP contribution is -2.41. The molecule has 3 aromatic rings. The minimum absolute atomic E-state index is 0.176. The van der Waals surface area contributed by atoms with Gasteiger partial charge in [0.15, 0.2) is 11.2 Å². The average Bonchev–Trinajstić information content (AvgIpc) is 3.00. The summed E-state index contributed by atoms with van der Waals surface area (Å²) in [4.78, 5) is 30.2. The molecule has 7 heteroatoms. The molecule has 0 fully saturated rings.